The summed E-state index contributed by atoms with van der Waals surface area (Å²) in [6, 6.07) is 34.6. The maximum atomic E-state index is 5.65. The number of nitrogens with one attached hydrogen (secondary N) is 1. The van der Waals surface area contributed by atoms with E-state index in [-0.39, 0.29) is 0 Å². The van der Waals surface area contributed by atoms with Crippen molar-refractivity contribution in [2.24, 2.45) is 5.73 Å². The molecule has 0 atom stereocenters. The van der Waals surface area contributed by atoms with E-state index in [0.29, 0.717) is 5.11 Å². The maximum absolute atomic E-state index is 5.65. The van der Waals surface area contributed by atoms with Gasteiger partial charge < -0.3 is 16.0 Å². The summed E-state index contributed by atoms with van der Waals surface area (Å²) in [5.74, 6) is 0. The molecule has 1 aliphatic rings. The van der Waals surface area contributed by atoms with Crippen LogP contribution in [0.25, 0.3) is 11.1 Å². The molecule has 0 amide bonds. The van der Waals surface area contributed by atoms with Gasteiger partial charge in [0.05, 0.1) is 0 Å². The fourth-order valence-electron chi connectivity index (χ4n) is 4.44. The van der Waals surface area contributed by atoms with Crippen LogP contribution in [-0.2, 0) is 19.5 Å². The van der Waals surface area contributed by atoms with Crippen LogP contribution in [0.1, 0.15) is 22.3 Å². The van der Waals surface area contributed by atoms with Crippen LogP contribution in [0.2, 0.25) is 0 Å². The number of thiocarbonyl (C=S) groups is 1. The molecular weight excluding hydrogens is 410 g/mol. The van der Waals surface area contributed by atoms with Gasteiger partial charge in [-0.25, -0.2) is 0 Å². The van der Waals surface area contributed by atoms with Crippen LogP contribution in [0, 0.1) is 0 Å². The molecule has 0 saturated carbocycles. The highest BCUT2D eigenvalue weighted by Crippen LogP contribution is 2.40. The lowest BCUT2D eigenvalue weighted by Gasteiger charge is -2.26. The van der Waals surface area contributed by atoms with Gasteiger partial charge in [-0.2, -0.15) is 0 Å². The van der Waals surface area contributed by atoms with Crippen LogP contribution >= 0.6 is 12.2 Å². The van der Waals surface area contributed by atoms with Gasteiger partial charge in [0.15, 0.2) is 5.11 Å². The molecular formula is C28H25N3S. The van der Waals surface area contributed by atoms with Crippen molar-refractivity contribution in [3.63, 3.8) is 0 Å². The molecule has 4 aromatic carbocycles. The predicted molar refractivity (Wildman–Crippen MR) is 138 cm³/mol. The van der Waals surface area contributed by atoms with E-state index in [9.17, 15) is 0 Å². The van der Waals surface area contributed by atoms with E-state index in [1.54, 1.807) is 0 Å². The molecule has 0 fully saturated rings. The zero-order valence-electron chi connectivity index (χ0n) is 17.8. The number of rotatable bonds is 6. The molecule has 0 radical (unpaired) electrons. The first-order valence-corrected chi connectivity index (χ1v) is 11.2. The largest absolute Gasteiger partial charge is 0.376 e. The Balaban J connectivity index is 1.49. The van der Waals surface area contributed by atoms with Gasteiger partial charge >= 0.3 is 0 Å². The van der Waals surface area contributed by atoms with Crippen molar-refractivity contribution in [1.82, 2.24) is 0 Å². The summed E-state index contributed by atoms with van der Waals surface area (Å²) in [5.41, 5.74) is 15.7. The molecule has 0 unspecified atom stereocenters. The van der Waals surface area contributed by atoms with E-state index in [4.69, 9.17) is 18.0 Å². The first kappa shape index (κ1) is 20.3. The quantitative estimate of drug-likeness (QED) is 0.315. The average Bonchev–Trinajstić information content (AvgIpc) is 3.16. The lowest BCUT2D eigenvalue weighted by Crippen LogP contribution is -2.22. The van der Waals surface area contributed by atoms with Crippen LogP contribution in [0.5, 0.6) is 0 Å². The summed E-state index contributed by atoms with van der Waals surface area (Å²) in [7, 11) is 0. The highest BCUT2D eigenvalue weighted by atomic mass is 32.1. The molecule has 0 spiro atoms. The molecule has 0 saturated heterocycles. The molecule has 0 aromatic heterocycles. The second kappa shape index (κ2) is 8.85. The Morgan fingerprint density at radius 1 is 0.750 bits per heavy atom. The normalized spacial score (nSPS) is 11.5. The predicted octanol–water partition coefficient (Wildman–Crippen LogP) is 6.12. The van der Waals surface area contributed by atoms with Crippen LogP contribution < -0.4 is 16.0 Å². The van der Waals surface area contributed by atoms with Crippen molar-refractivity contribution in [2.45, 2.75) is 19.5 Å². The van der Waals surface area contributed by atoms with E-state index < -0.39 is 0 Å². The van der Waals surface area contributed by atoms with Crippen molar-refractivity contribution in [2.75, 3.05) is 10.2 Å². The Labute approximate surface area is 194 Å². The van der Waals surface area contributed by atoms with Crippen molar-refractivity contribution in [3.8, 4) is 11.1 Å². The second-order valence-corrected chi connectivity index (χ2v) is 8.65. The molecule has 32 heavy (non-hydrogen) atoms. The number of nitrogens with zero attached hydrogens (tertiary/aromatic N) is 1. The summed E-state index contributed by atoms with van der Waals surface area (Å²) in [6.45, 7) is 1.72. The van der Waals surface area contributed by atoms with E-state index in [0.717, 1.165) is 25.2 Å². The standard InChI is InChI=1S/C28H25N3S/c29-28(32)30-24-12-14-26-23(16-24)15-22-11-13-25(17-27(22)26)31(18-20-7-3-1-4-8-20)19-21-9-5-2-6-10-21/h1-14,16-17H,15,18-19H2,(H3,29,30,32). The Morgan fingerprint density at radius 3 is 2.03 bits per heavy atom. The van der Waals surface area contributed by atoms with Gasteiger partial charge in [-0.3, -0.25) is 0 Å². The van der Waals surface area contributed by atoms with Gasteiger partial charge in [-0.05, 0) is 76.3 Å². The SMILES string of the molecule is NC(=S)Nc1ccc2c(c1)Cc1ccc(N(Cc3ccccc3)Cc3ccccc3)cc1-2. The minimum atomic E-state index is 0.292. The minimum absolute atomic E-state index is 0.292. The van der Waals surface area contributed by atoms with Gasteiger partial charge in [0.25, 0.3) is 0 Å². The number of nitrogens with two attached hydrogens (primary N) is 1. The molecule has 4 aromatic rings. The summed E-state index contributed by atoms with van der Waals surface area (Å²) >= 11 is 4.99. The third-order valence-electron chi connectivity index (χ3n) is 5.93. The van der Waals surface area contributed by atoms with Gasteiger partial charge in [-0.1, -0.05) is 72.8 Å². The highest BCUT2D eigenvalue weighted by Gasteiger charge is 2.20. The molecule has 1 aliphatic carbocycles. The van der Waals surface area contributed by atoms with Crippen molar-refractivity contribution >= 4 is 28.7 Å². The van der Waals surface area contributed by atoms with Crippen LogP contribution in [0.4, 0.5) is 11.4 Å². The highest BCUT2D eigenvalue weighted by molar-refractivity contribution is 7.80. The Bertz CT molecular complexity index is 1210. The number of hydrogen-bond donors (Lipinski definition) is 2. The smallest absolute Gasteiger partial charge is 0.168 e. The van der Waals surface area contributed by atoms with Gasteiger partial charge in [-0.15, -0.1) is 0 Å². The number of fused-ring (bicyclic) bond motifs is 3. The molecule has 5 rings (SSSR count). The van der Waals surface area contributed by atoms with Gasteiger partial charge in [0, 0.05) is 24.5 Å². The Kier molecular flexibility index (Phi) is 5.61. The van der Waals surface area contributed by atoms with E-state index >= 15 is 0 Å². The van der Waals surface area contributed by atoms with E-state index in [1.165, 1.54) is 39.1 Å². The monoisotopic (exact) mass is 435 g/mol. The fourth-order valence-corrected chi connectivity index (χ4v) is 4.56. The topological polar surface area (TPSA) is 41.3 Å². The molecule has 0 aliphatic heterocycles. The molecule has 3 N–H and O–H groups in total. The van der Waals surface area contributed by atoms with Crippen molar-refractivity contribution in [1.29, 1.82) is 0 Å². The summed E-state index contributed by atoms with van der Waals surface area (Å²) in [4.78, 5) is 2.45. The van der Waals surface area contributed by atoms with Crippen LogP contribution in [-0.4, -0.2) is 5.11 Å². The van der Waals surface area contributed by atoms with E-state index in [1.807, 2.05) is 6.07 Å². The second-order valence-electron chi connectivity index (χ2n) is 8.21. The minimum Gasteiger partial charge on any atom is -0.376 e. The maximum Gasteiger partial charge on any atom is 0.168 e. The molecule has 3 nitrogen and oxygen atoms in total. The van der Waals surface area contributed by atoms with Gasteiger partial charge in [0.1, 0.15) is 0 Å². The summed E-state index contributed by atoms with van der Waals surface area (Å²) in [6.07, 6.45) is 0.926. The van der Waals surface area contributed by atoms with Crippen LogP contribution in [0.15, 0.2) is 97.1 Å². The number of hydrogen-bond acceptors (Lipinski definition) is 2. The molecule has 0 heterocycles. The first-order valence-electron chi connectivity index (χ1n) is 10.8. The Morgan fingerprint density at radius 2 is 1.41 bits per heavy atom. The average molecular weight is 436 g/mol. The summed E-state index contributed by atoms with van der Waals surface area (Å²) < 4.78 is 0. The number of benzene rings is 4. The van der Waals surface area contributed by atoms with Crippen LogP contribution in [0.3, 0.4) is 0 Å². The third-order valence-corrected chi connectivity index (χ3v) is 6.04. The lowest BCUT2D eigenvalue weighted by atomic mass is 10.0. The zero-order chi connectivity index (χ0) is 21.9. The summed E-state index contributed by atoms with van der Waals surface area (Å²) in [5, 5.41) is 3.34. The third kappa shape index (κ3) is 4.36. The van der Waals surface area contributed by atoms with E-state index in [2.05, 4.69) is 101 Å². The molecule has 4 heteroatoms. The Hall–Kier alpha value is -3.63. The molecule has 0 bridgehead atoms. The van der Waals surface area contributed by atoms with Crippen molar-refractivity contribution in [3.05, 3.63) is 119 Å². The van der Waals surface area contributed by atoms with Gasteiger partial charge in [0.2, 0.25) is 0 Å². The number of anilines is 2. The molecule has 158 valence electrons. The lowest BCUT2D eigenvalue weighted by molar-refractivity contribution is 0.800. The fraction of sp³-hybridized carbons (Fsp3) is 0.107. The first-order chi connectivity index (χ1) is 15.7. The zero-order valence-corrected chi connectivity index (χ0v) is 18.6. The van der Waals surface area contributed by atoms with Crippen molar-refractivity contribution < 1.29 is 0 Å².